The number of hydrogen-bond donors (Lipinski definition) is 1. The zero-order chi connectivity index (χ0) is 18.4. The van der Waals surface area contributed by atoms with Gasteiger partial charge in [-0.25, -0.2) is 9.97 Å². The van der Waals surface area contributed by atoms with Crippen molar-refractivity contribution in [3.8, 4) is 0 Å². The Kier molecular flexibility index (Phi) is 3.82. The van der Waals surface area contributed by atoms with Crippen LogP contribution in [0.3, 0.4) is 0 Å². The molecule has 6 nitrogen and oxygen atoms in total. The van der Waals surface area contributed by atoms with Gasteiger partial charge in [0, 0.05) is 48.4 Å². The van der Waals surface area contributed by atoms with Crippen LogP contribution in [0.25, 0.3) is 11.0 Å². The SMILES string of the molecule is O=C(c1ccc(Cl)cc1)N1CCN(c2ncnc3[nH]ccc23)CC2(CC2)C1. The molecule has 27 heavy (non-hydrogen) atoms. The van der Waals surface area contributed by atoms with Crippen molar-refractivity contribution < 1.29 is 4.79 Å². The Bertz CT molecular complexity index is 995. The Morgan fingerprint density at radius 2 is 1.89 bits per heavy atom. The number of aromatic nitrogens is 3. The van der Waals surface area contributed by atoms with E-state index in [1.54, 1.807) is 30.6 Å². The van der Waals surface area contributed by atoms with E-state index in [4.69, 9.17) is 11.6 Å². The molecule has 3 heterocycles. The summed E-state index contributed by atoms with van der Waals surface area (Å²) in [4.78, 5) is 29.3. The molecule has 1 amide bonds. The van der Waals surface area contributed by atoms with Crippen LogP contribution in [0.2, 0.25) is 5.02 Å². The number of aromatic amines is 1. The Morgan fingerprint density at radius 1 is 1.07 bits per heavy atom. The van der Waals surface area contributed by atoms with Gasteiger partial charge in [0.15, 0.2) is 0 Å². The second-order valence-corrected chi connectivity index (χ2v) is 8.03. The first-order chi connectivity index (χ1) is 13.1. The van der Waals surface area contributed by atoms with E-state index in [2.05, 4.69) is 19.9 Å². The maximum atomic E-state index is 13.0. The molecule has 2 aliphatic rings. The topological polar surface area (TPSA) is 65.1 Å². The third-order valence-electron chi connectivity index (χ3n) is 5.66. The zero-order valence-corrected chi connectivity index (χ0v) is 15.6. The van der Waals surface area contributed by atoms with Crippen molar-refractivity contribution in [3.05, 3.63) is 53.4 Å². The number of amides is 1. The number of benzene rings is 1. The zero-order valence-electron chi connectivity index (χ0n) is 14.9. The number of nitrogens with one attached hydrogen (secondary N) is 1. The molecule has 2 fully saturated rings. The van der Waals surface area contributed by atoms with E-state index < -0.39 is 0 Å². The summed E-state index contributed by atoms with van der Waals surface area (Å²) < 4.78 is 0. The number of carbonyl (C=O) groups is 1. The molecule has 1 aliphatic carbocycles. The first-order valence-electron chi connectivity index (χ1n) is 9.22. The molecule has 3 aromatic rings. The molecule has 1 aromatic carbocycles. The predicted octanol–water partition coefficient (Wildman–Crippen LogP) is 3.35. The second kappa shape index (κ2) is 6.23. The van der Waals surface area contributed by atoms with Crippen molar-refractivity contribution in [2.24, 2.45) is 5.41 Å². The standard InChI is InChI=1S/C20H20ClN5O/c21-15-3-1-14(2-4-15)19(27)26-10-9-25(11-20(12-26)6-7-20)18-16-5-8-22-17(16)23-13-24-18/h1-5,8,13H,6-7,9-12H2,(H,22,23,24). The van der Waals surface area contributed by atoms with Gasteiger partial charge in [0.2, 0.25) is 0 Å². The van der Waals surface area contributed by atoms with Gasteiger partial charge < -0.3 is 14.8 Å². The molecule has 1 aliphatic heterocycles. The molecular weight excluding hydrogens is 362 g/mol. The number of halogens is 1. The highest BCUT2D eigenvalue weighted by molar-refractivity contribution is 6.30. The van der Waals surface area contributed by atoms with Gasteiger partial charge in [-0.2, -0.15) is 0 Å². The molecule has 1 saturated heterocycles. The van der Waals surface area contributed by atoms with Crippen LogP contribution in [0.5, 0.6) is 0 Å². The van der Waals surface area contributed by atoms with Crippen LogP contribution < -0.4 is 4.90 Å². The summed E-state index contributed by atoms with van der Waals surface area (Å²) in [7, 11) is 0. The predicted molar refractivity (Wildman–Crippen MR) is 105 cm³/mol. The minimum Gasteiger partial charge on any atom is -0.354 e. The van der Waals surface area contributed by atoms with E-state index in [0.717, 1.165) is 49.3 Å². The molecule has 2 aromatic heterocycles. The summed E-state index contributed by atoms with van der Waals surface area (Å²) >= 11 is 5.96. The summed E-state index contributed by atoms with van der Waals surface area (Å²) in [5, 5.41) is 1.68. The lowest BCUT2D eigenvalue weighted by atomic mass is 10.1. The summed E-state index contributed by atoms with van der Waals surface area (Å²) in [6.45, 7) is 3.17. The van der Waals surface area contributed by atoms with E-state index in [1.807, 2.05) is 17.2 Å². The maximum absolute atomic E-state index is 13.0. The molecule has 1 saturated carbocycles. The van der Waals surface area contributed by atoms with Gasteiger partial charge in [-0.05, 0) is 43.2 Å². The van der Waals surface area contributed by atoms with Crippen molar-refractivity contribution in [1.82, 2.24) is 19.9 Å². The lowest BCUT2D eigenvalue weighted by Crippen LogP contribution is -2.36. The Morgan fingerprint density at radius 3 is 2.67 bits per heavy atom. The lowest BCUT2D eigenvalue weighted by Gasteiger charge is -2.25. The van der Waals surface area contributed by atoms with Crippen LogP contribution in [0.4, 0.5) is 5.82 Å². The normalized spacial score (nSPS) is 18.7. The fourth-order valence-corrected chi connectivity index (χ4v) is 4.12. The minimum atomic E-state index is 0.0780. The van der Waals surface area contributed by atoms with Gasteiger partial charge in [-0.3, -0.25) is 4.79 Å². The molecule has 138 valence electrons. The van der Waals surface area contributed by atoms with E-state index in [0.29, 0.717) is 17.1 Å². The molecular formula is C20H20ClN5O. The number of rotatable bonds is 2. The molecule has 5 rings (SSSR count). The third-order valence-corrected chi connectivity index (χ3v) is 5.91. The number of anilines is 1. The van der Waals surface area contributed by atoms with E-state index in [9.17, 15) is 4.79 Å². The molecule has 7 heteroatoms. The average molecular weight is 382 g/mol. The summed E-state index contributed by atoms with van der Waals surface area (Å²) in [5.41, 5.74) is 1.72. The van der Waals surface area contributed by atoms with Crippen LogP contribution in [0.1, 0.15) is 23.2 Å². The smallest absolute Gasteiger partial charge is 0.253 e. The Labute approximate surface area is 162 Å². The van der Waals surface area contributed by atoms with E-state index >= 15 is 0 Å². The number of hydrogen-bond acceptors (Lipinski definition) is 4. The van der Waals surface area contributed by atoms with Gasteiger partial charge in [0.25, 0.3) is 5.91 Å². The van der Waals surface area contributed by atoms with Crippen LogP contribution >= 0.6 is 11.6 Å². The molecule has 1 N–H and O–H groups in total. The number of fused-ring (bicyclic) bond motifs is 1. The Balaban J connectivity index is 1.43. The number of nitrogens with zero attached hydrogens (tertiary/aromatic N) is 4. The molecule has 0 unspecified atom stereocenters. The van der Waals surface area contributed by atoms with Gasteiger partial charge >= 0.3 is 0 Å². The fraction of sp³-hybridized carbons (Fsp3) is 0.350. The largest absolute Gasteiger partial charge is 0.354 e. The van der Waals surface area contributed by atoms with Crippen molar-refractivity contribution in [2.45, 2.75) is 12.8 Å². The van der Waals surface area contributed by atoms with Gasteiger partial charge in [0.1, 0.15) is 17.8 Å². The van der Waals surface area contributed by atoms with Crippen molar-refractivity contribution in [3.63, 3.8) is 0 Å². The summed E-state index contributed by atoms with van der Waals surface area (Å²) in [6, 6.07) is 9.18. The second-order valence-electron chi connectivity index (χ2n) is 7.59. The number of H-pyrrole nitrogens is 1. The number of carbonyl (C=O) groups excluding carboxylic acids is 1. The van der Waals surface area contributed by atoms with Crippen LogP contribution in [-0.2, 0) is 0 Å². The molecule has 1 spiro atoms. The van der Waals surface area contributed by atoms with Crippen LogP contribution in [-0.4, -0.2) is 51.9 Å². The Hall–Kier alpha value is -2.60. The molecule has 0 atom stereocenters. The van der Waals surface area contributed by atoms with E-state index in [-0.39, 0.29) is 11.3 Å². The highest BCUT2D eigenvalue weighted by atomic mass is 35.5. The van der Waals surface area contributed by atoms with E-state index in [1.165, 1.54) is 0 Å². The first-order valence-corrected chi connectivity index (χ1v) is 9.59. The van der Waals surface area contributed by atoms with Crippen LogP contribution in [0, 0.1) is 5.41 Å². The maximum Gasteiger partial charge on any atom is 0.253 e. The molecule has 0 bridgehead atoms. The van der Waals surface area contributed by atoms with Gasteiger partial charge in [0.05, 0.1) is 5.39 Å². The van der Waals surface area contributed by atoms with Crippen molar-refractivity contribution in [1.29, 1.82) is 0 Å². The quantitative estimate of drug-likeness (QED) is 0.739. The highest BCUT2D eigenvalue weighted by Crippen LogP contribution is 2.48. The monoisotopic (exact) mass is 381 g/mol. The highest BCUT2D eigenvalue weighted by Gasteiger charge is 2.48. The summed E-state index contributed by atoms with van der Waals surface area (Å²) in [5.74, 6) is 1.03. The van der Waals surface area contributed by atoms with Crippen LogP contribution in [0.15, 0.2) is 42.9 Å². The minimum absolute atomic E-state index is 0.0780. The first kappa shape index (κ1) is 16.6. The van der Waals surface area contributed by atoms with Gasteiger partial charge in [-0.1, -0.05) is 11.6 Å². The fourth-order valence-electron chi connectivity index (χ4n) is 3.99. The lowest BCUT2D eigenvalue weighted by molar-refractivity contribution is 0.0741. The van der Waals surface area contributed by atoms with Gasteiger partial charge in [-0.15, -0.1) is 0 Å². The average Bonchev–Trinajstić information content (AvgIpc) is 3.32. The van der Waals surface area contributed by atoms with Crippen molar-refractivity contribution >= 4 is 34.4 Å². The molecule has 0 radical (unpaired) electrons. The summed E-state index contributed by atoms with van der Waals surface area (Å²) in [6.07, 6.45) is 5.80. The van der Waals surface area contributed by atoms with Crippen molar-refractivity contribution in [2.75, 3.05) is 31.1 Å². The third kappa shape index (κ3) is 3.04.